The fraction of sp³-hybridized carbons (Fsp3) is 0.176. The number of nitrogens with zero attached hydrogens (tertiary/aromatic N) is 1. The Morgan fingerprint density at radius 1 is 1.25 bits per heavy atom. The van der Waals surface area contributed by atoms with E-state index < -0.39 is 6.61 Å². The number of halogens is 2. The van der Waals surface area contributed by atoms with Crippen molar-refractivity contribution < 1.29 is 22.7 Å². The first kappa shape index (κ1) is 15.9. The number of aromatic nitrogens is 1. The molecule has 1 atom stereocenters. The van der Waals surface area contributed by atoms with E-state index in [1.165, 1.54) is 18.5 Å². The van der Waals surface area contributed by atoms with E-state index in [4.69, 9.17) is 4.42 Å². The number of hydrogen-bond acceptors (Lipinski definition) is 4. The Balaban J connectivity index is 1.73. The fourth-order valence-corrected chi connectivity index (χ4v) is 2.32. The highest BCUT2D eigenvalue weighted by atomic mass is 19.3. The molecule has 0 aliphatic carbocycles. The molecule has 124 valence electrons. The number of benzene rings is 2. The summed E-state index contributed by atoms with van der Waals surface area (Å²) in [6.45, 7) is -1.13. The summed E-state index contributed by atoms with van der Waals surface area (Å²) >= 11 is 0. The van der Waals surface area contributed by atoms with Crippen molar-refractivity contribution in [1.82, 2.24) is 10.3 Å². The number of nitrogens with one attached hydrogen (secondary N) is 1. The van der Waals surface area contributed by atoms with Gasteiger partial charge in [0.05, 0.1) is 6.04 Å². The Labute approximate surface area is 136 Å². The zero-order chi connectivity index (χ0) is 17.1. The Bertz CT molecular complexity index is 864. The average Bonchev–Trinajstić information content (AvgIpc) is 3.02. The molecule has 5 nitrogen and oxygen atoms in total. The van der Waals surface area contributed by atoms with Crippen LogP contribution in [0.2, 0.25) is 0 Å². The van der Waals surface area contributed by atoms with Crippen LogP contribution in [0, 0.1) is 0 Å². The quantitative estimate of drug-likeness (QED) is 0.769. The van der Waals surface area contributed by atoms with E-state index >= 15 is 0 Å². The Hall–Kier alpha value is -2.96. The van der Waals surface area contributed by atoms with Crippen LogP contribution in [0.1, 0.15) is 28.9 Å². The zero-order valence-corrected chi connectivity index (χ0v) is 12.7. The summed E-state index contributed by atoms with van der Waals surface area (Å²) in [6, 6.07) is 10.8. The van der Waals surface area contributed by atoms with Gasteiger partial charge < -0.3 is 14.5 Å². The zero-order valence-electron chi connectivity index (χ0n) is 12.7. The molecular weight excluding hydrogens is 318 g/mol. The largest absolute Gasteiger partial charge is 0.443 e. The maximum atomic E-state index is 12.3. The summed E-state index contributed by atoms with van der Waals surface area (Å²) in [7, 11) is 0. The lowest BCUT2D eigenvalue weighted by atomic mass is 10.1. The first-order valence-electron chi connectivity index (χ1n) is 7.22. The highest BCUT2D eigenvalue weighted by Crippen LogP contribution is 2.21. The van der Waals surface area contributed by atoms with Crippen LogP contribution >= 0.6 is 0 Å². The Kier molecular flexibility index (Phi) is 4.41. The van der Waals surface area contributed by atoms with Crippen LogP contribution in [0.15, 0.2) is 53.3 Å². The number of amides is 1. The lowest BCUT2D eigenvalue weighted by molar-refractivity contribution is -0.0499. The first-order valence-corrected chi connectivity index (χ1v) is 7.22. The SMILES string of the molecule is CC(NC(=O)c1ccc2ocnc2c1)c1cccc(OC(F)F)c1. The van der Waals surface area contributed by atoms with Crippen LogP contribution in [0.25, 0.3) is 11.1 Å². The highest BCUT2D eigenvalue weighted by Gasteiger charge is 2.14. The van der Waals surface area contributed by atoms with E-state index in [9.17, 15) is 13.6 Å². The third-order valence-corrected chi connectivity index (χ3v) is 3.52. The van der Waals surface area contributed by atoms with Crippen molar-refractivity contribution in [3.63, 3.8) is 0 Å². The summed E-state index contributed by atoms with van der Waals surface area (Å²) in [5.74, 6) is -0.250. The van der Waals surface area contributed by atoms with Gasteiger partial charge in [-0.2, -0.15) is 8.78 Å². The lowest BCUT2D eigenvalue weighted by Crippen LogP contribution is -2.26. The third-order valence-electron chi connectivity index (χ3n) is 3.52. The first-order chi connectivity index (χ1) is 11.5. The van der Waals surface area contributed by atoms with Crippen molar-refractivity contribution in [2.75, 3.05) is 0 Å². The number of alkyl halides is 2. The molecule has 0 spiro atoms. The minimum atomic E-state index is -2.89. The van der Waals surface area contributed by atoms with Gasteiger partial charge in [0, 0.05) is 5.56 Å². The molecule has 1 unspecified atom stereocenters. The molecule has 24 heavy (non-hydrogen) atoms. The monoisotopic (exact) mass is 332 g/mol. The Morgan fingerprint density at radius 2 is 2.08 bits per heavy atom. The van der Waals surface area contributed by atoms with Gasteiger partial charge in [-0.15, -0.1) is 0 Å². The van der Waals surface area contributed by atoms with Gasteiger partial charge in [0.15, 0.2) is 12.0 Å². The topological polar surface area (TPSA) is 64.4 Å². The predicted molar refractivity (Wildman–Crippen MR) is 83.0 cm³/mol. The van der Waals surface area contributed by atoms with Crippen LogP contribution in [0.4, 0.5) is 8.78 Å². The van der Waals surface area contributed by atoms with Gasteiger partial charge in [-0.1, -0.05) is 12.1 Å². The molecular formula is C17H14F2N2O3. The number of oxazole rings is 1. The average molecular weight is 332 g/mol. The second-order valence-electron chi connectivity index (χ2n) is 5.18. The minimum Gasteiger partial charge on any atom is -0.443 e. The van der Waals surface area contributed by atoms with Crippen molar-refractivity contribution in [1.29, 1.82) is 0 Å². The van der Waals surface area contributed by atoms with Crippen LogP contribution in [0.5, 0.6) is 5.75 Å². The molecule has 0 saturated carbocycles. The van der Waals surface area contributed by atoms with Crippen LogP contribution < -0.4 is 10.1 Å². The fourth-order valence-electron chi connectivity index (χ4n) is 2.32. The third kappa shape index (κ3) is 3.51. The van der Waals surface area contributed by atoms with Crippen LogP contribution in [-0.4, -0.2) is 17.5 Å². The number of hydrogen-bond donors (Lipinski definition) is 1. The van der Waals surface area contributed by atoms with Crippen LogP contribution in [0.3, 0.4) is 0 Å². The standard InChI is InChI=1S/C17H14F2N2O3/c1-10(11-3-2-4-13(7-11)24-17(18)19)21-16(22)12-5-6-15-14(8-12)20-9-23-15/h2-10,17H,1H3,(H,21,22). The van der Waals surface area contributed by atoms with Crippen molar-refractivity contribution in [3.8, 4) is 5.75 Å². The molecule has 0 bridgehead atoms. The van der Waals surface area contributed by atoms with Crippen LogP contribution in [-0.2, 0) is 0 Å². The van der Waals surface area contributed by atoms with E-state index in [2.05, 4.69) is 15.0 Å². The summed E-state index contributed by atoms with van der Waals surface area (Å²) in [5, 5.41) is 2.81. The molecule has 3 rings (SSSR count). The van der Waals surface area contributed by atoms with Crippen molar-refractivity contribution in [2.24, 2.45) is 0 Å². The van der Waals surface area contributed by atoms with Crippen molar-refractivity contribution in [2.45, 2.75) is 19.6 Å². The van der Waals surface area contributed by atoms with Crippen molar-refractivity contribution >= 4 is 17.0 Å². The maximum Gasteiger partial charge on any atom is 0.387 e. The number of fused-ring (bicyclic) bond motifs is 1. The van der Waals surface area contributed by atoms with Gasteiger partial charge in [-0.05, 0) is 42.8 Å². The maximum absolute atomic E-state index is 12.3. The molecule has 0 saturated heterocycles. The predicted octanol–water partition coefficient (Wildman–Crippen LogP) is 3.92. The second-order valence-corrected chi connectivity index (χ2v) is 5.18. The van der Waals surface area contributed by atoms with Crippen molar-refractivity contribution in [3.05, 3.63) is 60.0 Å². The molecule has 1 heterocycles. The molecule has 1 amide bonds. The normalized spacial score (nSPS) is 12.3. The highest BCUT2D eigenvalue weighted by molar-refractivity contribution is 5.97. The number of rotatable bonds is 5. The number of carbonyl (C=O) groups excluding carboxylic acids is 1. The number of carbonyl (C=O) groups is 1. The molecule has 3 aromatic rings. The Morgan fingerprint density at radius 3 is 2.88 bits per heavy atom. The summed E-state index contributed by atoms with van der Waals surface area (Å²) in [5.41, 5.74) is 2.27. The van der Waals surface area contributed by atoms with E-state index in [1.54, 1.807) is 37.3 Å². The molecule has 1 aromatic heterocycles. The molecule has 0 aliphatic heterocycles. The summed E-state index contributed by atoms with van der Waals surface area (Å²) in [6.07, 6.45) is 1.31. The van der Waals surface area contributed by atoms with E-state index in [1.807, 2.05) is 0 Å². The molecule has 7 heteroatoms. The van der Waals surface area contributed by atoms with Gasteiger partial charge in [-0.3, -0.25) is 4.79 Å². The lowest BCUT2D eigenvalue weighted by Gasteiger charge is -2.15. The van der Waals surface area contributed by atoms with Gasteiger partial charge >= 0.3 is 6.61 Å². The van der Waals surface area contributed by atoms with Gasteiger partial charge in [-0.25, -0.2) is 4.98 Å². The minimum absolute atomic E-state index is 0.0487. The molecule has 2 aromatic carbocycles. The second kappa shape index (κ2) is 6.66. The summed E-state index contributed by atoms with van der Waals surface area (Å²) < 4.78 is 34.1. The smallest absolute Gasteiger partial charge is 0.387 e. The van der Waals surface area contributed by atoms with E-state index in [-0.39, 0.29) is 17.7 Å². The molecule has 0 aliphatic rings. The van der Waals surface area contributed by atoms with E-state index in [0.29, 0.717) is 22.2 Å². The van der Waals surface area contributed by atoms with E-state index in [0.717, 1.165) is 0 Å². The summed E-state index contributed by atoms with van der Waals surface area (Å²) in [4.78, 5) is 16.3. The van der Waals surface area contributed by atoms with Gasteiger partial charge in [0.25, 0.3) is 5.91 Å². The molecule has 0 radical (unpaired) electrons. The molecule has 1 N–H and O–H groups in total. The van der Waals surface area contributed by atoms with Gasteiger partial charge in [0.1, 0.15) is 11.3 Å². The number of ether oxygens (including phenoxy) is 1. The molecule has 0 fully saturated rings. The van der Waals surface area contributed by atoms with Gasteiger partial charge in [0.2, 0.25) is 0 Å².